The van der Waals surface area contributed by atoms with E-state index in [4.69, 9.17) is 9.47 Å². The van der Waals surface area contributed by atoms with Gasteiger partial charge in [0.25, 0.3) is 0 Å². The van der Waals surface area contributed by atoms with Gasteiger partial charge in [-0.3, -0.25) is 4.90 Å². The fourth-order valence-corrected chi connectivity index (χ4v) is 2.96. The van der Waals surface area contributed by atoms with E-state index < -0.39 is 29.3 Å². The van der Waals surface area contributed by atoms with E-state index in [2.05, 4.69) is 5.32 Å². The Balaban J connectivity index is 1.63. The van der Waals surface area contributed by atoms with Gasteiger partial charge in [-0.25, -0.2) is 9.18 Å². The summed E-state index contributed by atoms with van der Waals surface area (Å²) >= 11 is 0. The van der Waals surface area contributed by atoms with Gasteiger partial charge in [-0.1, -0.05) is 6.07 Å². The summed E-state index contributed by atoms with van der Waals surface area (Å²) in [5, 5.41) is 2.63. The molecule has 1 saturated heterocycles. The number of alkyl halides is 3. The minimum absolute atomic E-state index is 0.00843. The van der Waals surface area contributed by atoms with Gasteiger partial charge in [-0.15, -0.1) is 0 Å². The molecule has 3 rings (SSSR count). The highest BCUT2D eigenvalue weighted by Crippen LogP contribution is 2.50. The smallest absolute Gasteiger partial charge is 0.419 e. The minimum Gasteiger partial charge on any atom is -0.438 e. The van der Waals surface area contributed by atoms with E-state index in [1.807, 2.05) is 11.9 Å². The van der Waals surface area contributed by atoms with Crippen LogP contribution in [0, 0.1) is 5.82 Å². The zero-order valence-electron chi connectivity index (χ0n) is 14.2. The lowest BCUT2D eigenvalue weighted by Crippen LogP contribution is -2.49. The van der Waals surface area contributed by atoms with E-state index in [1.54, 1.807) is 0 Å². The summed E-state index contributed by atoms with van der Waals surface area (Å²) in [6.07, 6.45) is -4.71. The molecule has 144 valence electrons. The van der Waals surface area contributed by atoms with Crippen LogP contribution in [0.1, 0.15) is 24.0 Å². The number of benzene rings is 1. The normalized spacial score (nSPS) is 22.7. The first kappa shape index (κ1) is 18.9. The number of halogens is 4. The first-order chi connectivity index (χ1) is 12.2. The van der Waals surface area contributed by atoms with Gasteiger partial charge in [0.05, 0.1) is 24.8 Å². The maximum absolute atomic E-state index is 13.4. The fraction of sp³-hybridized carbons (Fsp3) is 0.588. The highest BCUT2D eigenvalue weighted by atomic mass is 19.4. The van der Waals surface area contributed by atoms with E-state index in [0.717, 1.165) is 18.7 Å². The summed E-state index contributed by atoms with van der Waals surface area (Å²) in [6, 6.07) is 2.72. The van der Waals surface area contributed by atoms with E-state index in [1.165, 1.54) is 6.07 Å². The predicted octanol–water partition coefficient (Wildman–Crippen LogP) is 2.89. The third-order valence-corrected chi connectivity index (χ3v) is 4.79. The Kier molecular flexibility index (Phi) is 5.12. The monoisotopic (exact) mass is 376 g/mol. The highest BCUT2D eigenvalue weighted by molar-refractivity contribution is 5.68. The predicted molar refractivity (Wildman–Crippen MR) is 84.0 cm³/mol. The molecule has 26 heavy (non-hydrogen) atoms. The Morgan fingerprint density at radius 3 is 2.77 bits per heavy atom. The highest BCUT2D eigenvalue weighted by Gasteiger charge is 2.50. The van der Waals surface area contributed by atoms with Crippen molar-refractivity contribution in [2.45, 2.75) is 30.7 Å². The number of amides is 1. The number of morpholine rings is 1. The molecule has 9 heteroatoms. The molecule has 0 radical (unpaired) electrons. The molecule has 1 amide bonds. The number of likely N-dealkylation sites (N-methyl/N-ethyl adjacent to an activating group) is 1. The Morgan fingerprint density at radius 2 is 2.15 bits per heavy atom. The van der Waals surface area contributed by atoms with Crippen LogP contribution in [0.2, 0.25) is 0 Å². The van der Waals surface area contributed by atoms with Crippen molar-refractivity contribution in [3.8, 4) is 0 Å². The molecule has 1 aromatic carbocycles. The van der Waals surface area contributed by atoms with E-state index in [-0.39, 0.29) is 11.6 Å². The number of rotatable bonds is 4. The molecule has 1 aliphatic carbocycles. The van der Waals surface area contributed by atoms with E-state index in [9.17, 15) is 22.4 Å². The largest absolute Gasteiger partial charge is 0.438 e. The average Bonchev–Trinajstić information content (AvgIpc) is 3.34. The Labute approximate surface area is 148 Å². The molecule has 2 fully saturated rings. The van der Waals surface area contributed by atoms with Crippen molar-refractivity contribution in [3.63, 3.8) is 0 Å². The van der Waals surface area contributed by atoms with Gasteiger partial charge in [-0.2, -0.15) is 13.2 Å². The van der Waals surface area contributed by atoms with Gasteiger partial charge in [0, 0.05) is 13.1 Å². The zero-order chi connectivity index (χ0) is 18.9. The summed E-state index contributed by atoms with van der Waals surface area (Å²) in [7, 11) is 1.92. The number of nitrogens with one attached hydrogen (secondary N) is 1. The van der Waals surface area contributed by atoms with E-state index >= 15 is 0 Å². The molecule has 1 heterocycles. The van der Waals surface area contributed by atoms with Gasteiger partial charge in [-0.05, 0) is 37.6 Å². The molecular formula is C17H20F4N2O3. The van der Waals surface area contributed by atoms with Crippen molar-refractivity contribution in [2.24, 2.45) is 0 Å². The number of carbonyl (C=O) groups excluding carboxylic acids is 1. The van der Waals surface area contributed by atoms with Crippen molar-refractivity contribution in [1.82, 2.24) is 10.2 Å². The molecular weight excluding hydrogens is 356 g/mol. The molecule has 2 aliphatic rings. The molecule has 1 saturated carbocycles. The standard InChI is InChI=1S/C17H20F4N2O3/c1-23-6-7-25-10-12(23)9-22-15(24)26-16(4-5-16)11-2-3-14(18)13(8-11)17(19,20)21/h2-3,8,12H,4-7,9-10H2,1H3,(H,22,24)/t12-/m0/s1. The Morgan fingerprint density at radius 1 is 1.42 bits per heavy atom. The van der Waals surface area contributed by atoms with Gasteiger partial charge in [0.1, 0.15) is 11.4 Å². The quantitative estimate of drug-likeness (QED) is 0.821. The van der Waals surface area contributed by atoms with Crippen LogP contribution in [0.4, 0.5) is 22.4 Å². The maximum atomic E-state index is 13.4. The van der Waals surface area contributed by atoms with Crippen LogP contribution < -0.4 is 5.32 Å². The summed E-state index contributed by atoms with van der Waals surface area (Å²) < 4.78 is 62.8. The summed E-state index contributed by atoms with van der Waals surface area (Å²) in [6.45, 7) is 2.17. The number of ether oxygens (including phenoxy) is 2. The van der Waals surface area contributed by atoms with Crippen LogP contribution in [-0.2, 0) is 21.3 Å². The first-order valence-corrected chi connectivity index (χ1v) is 8.33. The van der Waals surface area contributed by atoms with Gasteiger partial charge >= 0.3 is 12.3 Å². The second-order valence-electron chi connectivity index (χ2n) is 6.67. The third kappa shape index (κ3) is 4.09. The maximum Gasteiger partial charge on any atom is 0.419 e. The van der Waals surface area contributed by atoms with Crippen LogP contribution in [0.25, 0.3) is 0 Å². The van der Waals surface area contributed by atoms with Gasteiger partial charge in [0.15, 0.2) is 0 Å². The minimum atomic E-state index is -4.80. The SMILES string of the molecule is CN1CCOC[C@@H]1CNC(=O)OC1(c2ccc(F)c(C(F)(F)F)c2)CC1. The molecule has 0 bridgehead atoms. The first-order valence-electron chi connectivity index (χ1n) is 8.33. The van der Waals surface area contributed by atoms with Gasteiger partial charge in [0.2, 0.25) is 0 Å². The number of hydrogen-bond donors (Lipinski definition) is 1. The summed E-state index contributed by atoms with van der Waals surface area (Å²) in [5.41, 5.74) is -2.32. The third-order valence-electron chi connectivity index (χ3n) is 4.79. The van der Waals surface area contributed by atoms with Crippen molar-refractivity contribution >= 4 is 6.09 Å². The zero-order valence-corrected chi connectivity index (χ0v) is 14.2. The molecule has 1 aliphatic heterocycles. The molecule has 5 nitrogen and oxygen atoms in total. The molecule has 1 atom stereocenters. The van der Waals surface area contributed by atoms with Crippen LogP contribution in [0.5, 0.6) is 0 Å². The van der Waals surface area contributed by atoms with Crippen molar-refractivity contribution in [2.75, 3.05) is 33.4 Å². The lowest BCUT2D eigenvalue weighted by atomic mass is 10.0. The van der Waals surface area contributed by atoms with Crippen LogP contribution in [0.3, 0.4) is 0 Å². The van der Waals surface area contributed by atoms with Crippen molar-refractivity contribution in [3.05, 3.63) is 35.1 Å². The fourth-order valence-electron chi connectivity index (χ4n) is 2.96. The Hall–Kier alpha value is -1.87. The van der Waals surface area contributed by atoms with Crippen molar-refractivity contribution < 1.29 is 31.8 Å². The number of carbonyl (C=O) groups is 1. The second kappa shape index (κ2) is 7.03. The summed E-state index contributed by atoms with van der Waals surface area (Å²) in [5.74, 6) is -1.35. The summed E-state index contributed by atoms with van der Waals surface area (Å²) in [4.78, 5) is 14.1. The van der Waals surface area contributed by atoms with Crippen molar-refractivity contribution in [1.29, 1.82) is 0 Å². The van der Waals surface area contributed by atoms with Crippen LogP contribution in [0.15, 0.2) is 18.2 Å². The van der Waals surface area contributed by atoms with Gasteiger partial charge < -0.3 is 14.8 Å². The molecule has 1 aromatic rings. The van der Waals surface area contributed by atoms with E-state index in [0.29, 0.717) is 32.6 Å². The number of alkyl carbamates (subject to hydrolysis) is 1. The molecule has 0 unspecified atom stereocenters. The molecule has 0 aromatic heterocycles. The number of hydrogen-bond acceptors (Lipinski definition) is 4. The van der Waals surface area contributed by atoms with Crippen LogP contribution in [-0.4, -0.2) is 50.4 Å². The Bertz CT molecular complexity index is 676. The molecule has 1 N–H and O–H groups in total. The lowest BCUT2D eigenvalue weighted by molar-refractivity contribution is -0.140. The molecule has 0 spiro atoms. The lowest BCUT2D eigenvalue weighted by Gasteiger charge is -2.32. The second-order valence-corrected chi connectivity index (χ2v) is 6.67. The van der Waals surface area contributed by atoms with Crippen LogP contribution >= 0.6 is 0 Å². The topological polar surface area (TPSA) is 50.8 Å². The number of nitrogens with zero attached hydrogens (tertiary/aromatic N) is 1. The average molecular weight is 376 g/mol.